The Morgan fingerprint density at radius 3 is 2.80 bits per heavy atom. The number of halogens is 1. The maximum atomic E-state index is 13.9. The first-order chi connectivity index (χ1) is 9.63. The summed E-state index contributed by atoms with van der Waals surface area (Å²) in [5.41, 5.74) is 8.35. The van der Waals surface area contributed by atoms with Crippen molar-refractivity contribution in [2.45, 2.75) is 0 Å². The highest BCUT2D eigenvalue weighted by Crippen LogP contribution is 2.26. The molecular weight excluding hydrogens is 283 g/mol. The second kappa shape index (κ2) is 6.20. The Morgan fingerprint density at radius 1 is 1.40 bits per heavy atom. The number of aromatic nitrogens is 1. The van der Waals surface area contributed by atoms with Crippen molar-refractivity contribution in [3.63, 3.8) is 0 Å². The number of benzene rings is 1. The quantitative estimate of drug-likeness (QED) is 0.653. The highest BCUT2D eigenvalue weighted by Gasteiger charge is 2.10. The van der Waals surface area contributed by atoms with E-state index in [0.29, 0.717) is 22.4 Å². The molecule has 2 rings (SSSR count). The van der Waals surface area contributed by atoms with Crippen molar-refractivity contribution < 1.29 is 13.9 Å². The van der Waals surface area contributed by atoms with Crippen LogP contribution in [0.2, 0.25) is 0 Å². The van der Waals surface area contributed by atoms with Gasteiger partial charge >= 0.3 is 0 Å². The fourth-order valence-electron chi connectivity index (χ4n) is 1.47. The standard InChI is InChI=1S/C12H13FN4O2S/c1-18-7-3-9(13)8(10(4-7)19-2)5-15-17-12-16-11(14)6-20-12/h3-6H,14H2,1-2H3,(H,16,17). The van der Waals surface area contributed by atoms with E-state index in [9.17, 15) is 4.39 Å². The smallest absolute Gasteiger partial charge is 0.205 e. The van der Waals surface area contributed by atoms with Crippen molar-refractivity contribution in [3.05, 3.63) is 28.9 Å². The number of rotatable bonds is 5. The number of ether oxygens (including phenoxy) is 2. The number of nitrogen functional groups attached to an aromatic ring is 1. The van der Waals surface area contributed by atoms with Crippen LogP contribution >= 0.6 is 11.3 Å². The molecule has 0 aliphatic heterocycles. The molecule has 0 saturated carbocycles. The van der Waals surface area contributed by atoms with Crippen molar-refractivity contribution in [1.82, 2.24) is 4.98 Å². The lowest BCUT2D eigenvalue weighted by Crippen LogP contribution is -1.99. The van der Waals surface area contributed by atoms with Gasteiger partial charge in [0, 0.05) is 17.5 Å². The maximum absolute atomic E-state index is 13.9. The molecular formula is C12H13FN4O2S. The van der Waals surface area contributed by atoms with Crippen LogP contribution in [0.25, 0.3) is 0 Å². The van der Waals surface area contributed by atoms with E-state index in [1.165, 1.54) is 37.8 Å². The van der Waals surface area contributed by atoms with E-state index in [2.05, 4.69) is 15.5 Å². The van der Waals surface area contributed by atoms with E-state index < -0.39 is 5.82 Å². The first-order valence-electron chi connectivity index (χ1n) is 5.55. The van der Waals surface area contributed by atoms with Gasteiger partial charge in [-0.3, -0.25) is 5.43 Å². The monoisotopic (exact) mass is 296 g/mol. The van der Waals surface area contributed by atoms with E-state index >= 15 is 0 Å². The minimum Gasteiger partial charge on any atom is -0.497 e. The first kappa shape index (κ1) is 14.1. The SMILES string of the molecule is COc1cc(F)c(C=NNc2nc(N)cs2)c(OC)c1. The van der Waals surface area contributed by atoms with Crippen molar-refractivity contribution in [2.75, 3.05) is 25.4 Å². The molecule has 0 saturated heterocycles. The molecule has 8 heteroatoms. The van der Waals surface area contributed by atoms with Crippen LogP contribution in [-0.2, 0) is 0 Å². The molecule has 0 bridgehead atoms. The molecule has 0 fully saturated rings. The lowest BCUT2D eigenvalue weighted by atomic mass is 10.2. The summed E-state index contributed by atoms with van der Waals surface area (Å²) in [6.07, 6.45) is 1.31. The summed E-state index contributed by atoms with van der Waals surface area (Å²) in [5.74, 6) is 0.606. The Kier molecular flexibility index (Phi) is 4.36. The van der Waals surface area contributed by atoms with Crippen molar-refractivity contribution >= 4 is 28.5 Å². The van der Waals surface area contributed by atoms with Gasteiger partial charge in [-0.15, -0.1) is 11.3 Å². The number of thiazole rings is 1. The van der Waals surface area contributed by atoms with Crippen LogP contribution in [0.5, 0.6) is 11.5 Å². The zero-order valence-corrected chi connectivity index (χ0v) is 11.7. The van der Waals surface area contributed by atoms with Crippen LogP contribution in [-0.4, -0.2) is 25.4 Å². The molecule has 6 nitrogen and oxygen atoms in total. The van der Waals surface area contributed by atoms with Crippen LogP contribution < -0.4 is 20.6 Å². The zero-order valence-electron chi connectivity index (χ0n) is 10.9. The Bertz CT molecular complexity index is 630. The molecule has 0 amide bonds. The number of nitrogens with zero attached hydrogens (tertiary/aromatic N) is 2. The van der Waals surface area contributed by atoms with E-state index in [0.717, 1.165) is 0 Å². The lowest BCUT2D eigenvalue weighted by Gasteiger charge is -2.08. The molecule has 3 N–H and O–H groups in total. The molecule has 0 aliphatic carbocycles. The number of nitrogens with two attached hydrogens (primary N) is 1. The highest BCUT2D eigenvalue weighted by atomic mass is 32.1. The Labute approximate surface area is 119 Å². The van der Waals surface area contributed by atoms with E-state index in [1.54, 1.807) is 11.4 Å². The van der Waals surface area contributed by atoms with Gasteiger partial charge in [0.2, 0.25) is 5.13 Å². The Hall–Kier alpha value is -2.35. The topological polar surface area (TPSA) is 81.8 Å². The second-order valence-corrected chi connectivity index (χ2v) is 4.53. The average Bonchev–Trinajstić information content (AvgIpc) is 2.85. The molecule has 1 aromatic carbocycles. The predicted octanol–water partition coefficient (Wildman–Crippen LogP) is 2.33. The second-order valence-electron chi connectivity index (χ2n) is 3.67. The first-order valence-corrected chi connectivity index (χ1v) is 6.43. The number of anilines is 2. The average molecular weight is 296 g/mol. The molecule has 106 valence electrons. The minimum absolute atomic E-state index is 0.213. The number of hydrogen-bond donors (Lipinski definition) is 2. The van der Waals surface area contributed by atoms with Crippen LogP contribution in [0.3, 0.4) is 0 Å². The number of methoxy groups -OCH3 is 2. The van der Waals surface area contributed by atoms with Crippen molar-refractivity contribution in [2.24, 2.45) is 5.10 Å². The summed E-state index contributed by atoms with van der Waals surface area (Å²) in [7, 11) is 2.90. The molecule has 0 radical (unpaired) electrons. The third-order valence-corrected chi connectivity index (χ3v) is 3.16. The van der Waals surface area contributed by atoms with Crippen molar-refractivity contribution in [3.8, 4) is 11.5 Å². The molecule has 0 atom stereocenters. The summed E-state index contributed by atoms with van der Waals surface area (Å²) < 4.78 is 24.0. The maximum Gasteiger partial charge on any atom is 0.205 e. The fraction of sp³-hybridized carbons (Fsp3) is 0.167. The molecule has 20 heavy (non-hydrogen) atoms. The van der Waals surface area contributed by atoms with Crippen LogP contribution in [0.15, 0.2) is 22.6 Å². The Balaban J connectivity index is 2.19. The molecule has 1 heterocycles. The van der Waals surface area contributed by atoms with E-state index in [-0.39, 0.29) is 5.56 Å². The predicted molar refractivity (Wildman–Crippen MR) is 77.2 cm³/mol. The third-order valence-electron chi connectivity index (χ3n) is 2.40. The van der Waals surface area contributed by atoms with Gasteiger partial charge < -0.3 is 15.2 Å². The van der Waals surface area contributed by atoms with Crippen LogP contribution in [0.4, 0.5) is 15.3 Å². The van der Waals surface area contributed by atoms with Crippen molar-refractivity contribution in [1.29, 1.82) is 0 Å². The summed E-state index contributed by atoms with van der Waals surface area (Å²) in [4.78, 5) is 3.96. The molecule has 0 unspecified atom stereocenters. The summed E-state index contributed by atoms with van der Waals surface area (Å²) in [6, 6.07) is 2.83. The third kappa shape index (κ3) is 3.15. The van der Waals surface area contributed by atoms with E-state index in [4.69, 9.17) is 15.2 Å². The van der Waals surface area contributed by atoms with Gasteiger partial charge in [0.1, 0.15) is 23.1 Å². The lowest BCUT2D eigenvalue weighted by molar-refractivity contribution is 0.388. The Morgan fingerprint density at radius 2 is 2.20 bits per heavy atom. The number of hydrazone groups is 1. The summed E-state index contributed by atoms with van der Waals surface area (Å²) >= 11 is 1.30. The summed E-state index contributed by atoms with van der Waals surface area (Å²) in [5, 5.41) is 6.10. The fourth-order valence-corrected chi connectivity index (χ4v) is 2.02. The molecule has 0 spiro atoms. The van der Waals surface area contributed by atoms with Crippen LogP contribution in [0, 0.1) is 5.82 Å². The number of nitrogens with one attached hydrogen (secondary N) is 1. The molecule has 0 aliphatic rings. The summed E-state index contributed by atoms with van der Waals surface area (Å²) in [6.45, 7) is 0. The normalized spacial score (nSPS) is 10.8. The van der Waals surface area contributed by atoms with Gasteiger partial charge in [0.25, 0.3) is 0 Å². The molecule has 2 aromatic rings. The van der Waals surface area contributed by atoms with Crippen LogP contribution in [0.1, 0.15) is 5.56 Å². The highest BCUT2D eigenvalue weighted by molar-refractivity contribution is 7.14. The minimum atomic E-state index is -0.495. The van der Waals surface area contributed by atoms with Gasteiger partial charge in [-0.25, -0.2) is 9.37 Å². The van der Waals surface area contributed by atoms with Gasteiger partial charge in [-0.1, -0.05) is 0 Å². The van der Waals surface area contributed by atoms with Gasteiger partial charge in [-0.2, -0.15) is 5.10 Å². The van der Waals surface area contributed by atoms with Gasteiger partial charge in [0.15, 0.2) is 0 Å². The molecule has 1 aromatic heterocycles. The van der Waals surface area contributed by atoms with Gasteiger partial charge in [0.05, 0.1) is 26.0 Å². The zero-order chi connectivity index (χ0) is 14.5. The van der Waals surface area contributed by atoms with E-state index in [1.807, 2.05) is 0 Å². The van der Waals surface area contributed by atoms with Gasteiger partial charge in [-0.05, 0) is 0 Å². The largest absolute Gasteiger partial charge is 0.497 e. The number of hydrogen-bond acceptors (Lipinski definition) is 7.